The minimum atomic E-state index is -0.427. The van der Waals surface area contributed by atoms with Crippen LogP contribution in [0.2, 0.25) is 0 Å². The fourth-order valence-electron chi connectivity index (χ4n) is 3.74. The van der Waals surface area contributed by atoms with E-state index in [9.17, 15) is 19.3 Å². The average molecular weight is 319 g/mol. The third-order valence-electron chi connectivity index (χ3n) is 4.76. The van der Waals surface area contributed by atoms with Crippen LogP contribution in [-0.2, 0) is 6.42 Å². The number of carbonyl (C=O) groups excluding carboxylic acids is 3. The van der Waals surface area contributed by atoms with Crippen LogP contribution in [0.25, 0.3) is 0 Å². The number of hydrogen-bond donors (Lipinski definition) is 0. The van der Waals surface area contributed by atoms with Crippen molar-refractivity contribution in [3.8, 4) is 0 Å². The normalized spacial score (nSPS) is 18.7. The van der Waals surface area contributed by atoms with Gasteiger partial charge in [0, 0.05) is 28.7 Å². The summed E-state index contributed by atoms with van der Waals surface area (Å²) >= 11 is 0. The van der Waals surface area contributed by atoms with E-state index in [4.69, 9.17) is 0 Å². The van der Waals surface area contributed by atoms with Gasteiger partial charge in [0.05, 0.1) is 5.56 Å². The molecule has 5 nitrogen and oxygen atoms in total. The minimum absolute atomic E-state index is 0.0292. The maximum Gasteiger partial charge on any atom is 0.196 e. The minimum Gasteiger partial charge on any atom is -0.294 e. The van der Waals surface area contributed by atoms with Gasteiger partial charge in [-0.25, -0.2) is 0 Å². The molecular weight excluding hydrogens is 306 g/mol. The van der Waals surface area contributed by atoms with Gasteiger partial charge in [0.2, 0.25) is 0 Å². The summed E-state index contributed by atoms with van der Waals surface area (Å²) in [4.78, 5) is 49.3. The lowest BCUT2D eigenvalue weighted by Gasteiger charge is -2.26. The quantitative estimate of drug-likeness (QED) is 0.641. The predicted octanol–water partition coefficient (Wildman–Crippen LogP) is 3.62. The molecule has 0 aromatic heterocycles. The number of benzene rings is 2. The summed E-state index contributed by atoms with van der Waals surface area (Å²) in [6, 6.07) is 7.76. The van der Waals surface area contributed by atoms with Crippen LogP contribution < -0.4 is 0 Å². The molecule has 0 saturated carbocycles. The smallest absolute Gasteiger partial charge is 0.196 e. The number of carbonyl (C=O) groups is 3. The molecule has 0 radical (unpaired) electrons. The Morgan fingerprint density at radius 1 is 0.875 bits per heavy atom. The largest absolute Gasteiger partial charge is 0.294 e. The van der Waals surface area contributed by atoms with Gasteiger partial charge in [-0.1, -0.05) is 25.1 Å². The van der Waals surface area contributed by atoms with E-state index in [1.807, 2.05) is 6.92 Å². The van der Waals surface area contributed by atoms with Crippen molar-refractivity contribution in [2.75, 3.05) is 0 Å². The Bertz CT molecular complexity index is 958. The Morgan fingerprint density at radius 2 is 1.58 bits per heavy atom. The number of hydrogen-bond acceptors (Lipinski definition) is 5. The maximum absolute atomic E-state index is 13.0. The Kier molecular flexibility index (Phi) is 3.06. The number of rotatable bonds is 1. The van der Waals surface area contributed by atoms with Gasteiger partial charge in [-0.15, -0.1) is 4.91 Å². The number of nitroso groups, excluding NO2 is 1. The molecule has 118 valence electrons. The predicted molar refractivity (Wildman–Crippen MR) is 87.0 cm³/mol. The van der Waals surface area contributed by atoms with Gasteiger partial charge in [0.15, 0.2) is 17.3 Å². The van der Waals surface area contributed by atoms with E-state index in [1.165, 1.54) is 18.2 Å². The van der Waals surface area contributed by atoms with Gasteiger partial charge in [0.25, 0.3) is 0 Å². The van der Waals surface area contributed by atoms with Gasteiger partial charge in [-0.2, -0.15) is 0 Å². The molecule has 0 bridgehead atoms. The summed E-state index contributed by atoms with van der Waals surface area (Å²) in [5.41, 5.74) is 1.68. The Morgan fingerprint density at radius 3 is 2.33 bits per heavy atom. The number of fused-ring (bicyclic) bond motifs is 4. The van der Waals surface area contributed by atoms with Crippen molar-refractivity contribution >= 4 is 23.0 Å². The second-order valence-electron chi connectivity index (χ2n) is 6.41. The first-order chi connectivity index (χ1) is 11.5. The van der Waals surface area contributed by atoms with Crippen molar-refractivity contribution in [1.29, 1.82) is 0 Å². The highest BCUT2D eigenvalue weighted by Crippen LogP contribution is 2.38. The molecule has 0 saturated heterocycles. The molecular formula is C19H13NO4. The zero-order valence-electron chi connectivity index (χ0n) is 13.0. The number of ketones is 3. The van der Waals surface area contributed by atoms with Crippen molar-refractivity contribution in [3.05, 3.63) is 68.6 Å². The molecule has 1 atom stereocenters. The summed E-state index contributed by atoms with van der Waals surface area (Å²) in [5.74, 6) is -0.695. The summed E-state index contributed by atoms with van der Waals surface area (Å²) in [6.45, 7) is 1.99. The Labute approximate surface area is 137 Å². The molecule has 5 heteroatoms. The SMILES string of the molecule is C[C@@H]1CC(=O)c2c(ccc3c2C(=O)c2cccc(N=O)c2C3=O)C1. The first-order valence-electron chi connectivity index (χ1n) is 7.77. The fourth-order valence-corrected chi connectivity index (χ4v) is 3.74. The van der Waals surface area contributed by atoms with Crippen molar-refractivity contribution in [2.24, 2.45) is 11.1 Å². The molecule has 4 rings (SSSR count). The highest BCUT2D eigenvalue weighted by molar-refractivity contribution is 6.32. The van der Waals surface area contributed by atoms with Gasteiger partial charge < -0.3 is 0 Å². The van der Waals surface area contributed by atoms with Gasteiger partial charge in [-0.3, -0.25) is 14.4 Å². The molecule has 0 N–H and O–H groups in total. The Hall–Kier alpha value is -2.95. The van der Waals surface area contributed by atoms with Gasteiger partial charge >= 0.3 is 0 Å². The molecule has 2 aromatic carbocycles. The van der Waals surface area contributed by atoms with Crippen molar-refractivity contribution in [1.82, 2.24) is 0 Å². The molecule has 0 fully saturated rings. The zero-order chi connectivity index (χ0) is 17.0. The first-order valence-corrected chi connectivity index (χ1v) is 7.77. The number of nitrogens with zero attached hydrogens (tertiary/aromatic N) is 1. The maximum atomic E-state index is 13.0. The summed E-state index contributed by atoms with van der Waals surface area (Å²) in [7, 11) is 0. The molecule has 0 unspecified atom stereocenters. The van der Waals surface area contributed by atoms with E-state index in [0.29, 0.717) is 18.4 Å². The van der Waals surface area contributed by atoms with Crippen LogP contribution in [0.4, 0.5) is 5.69 Å². The average Bonchev–Trinajstić information content (AvgIpc) is 2.57. The monoisotopic (exact) mass is 319 g/mol. The third-order valence-corrected chi connectivity index (χ3v) is 4.76. The lowest BCUT2D eigenvalue weighted by molar-refractivity contribution is 0.0935. The van der Waals surface area contributed by atoms with Gasteiger partial charge in [-0.05, 0) is 35.2 Å². The van der Waals surface area contributed by atoms with Crippen molar-refractivity contribution < 1.29 is 14.4 Å². The van der Waals surface area contributed by atoms with Crippen LogP contribution in [0.3, 0.4) is 0 Å². The van der Waals surface area contributed by atoms with Crippen molar-refractivity contribution in [2.45, 2.75) is 19.8 Å². The van der Waals surface area contributed by atoms with E-state index in [2.05, 4.69) is 5.18 Å². The number of Topliss-reactive ketones (excluding diaryl/α,β-unsaturated/α-hetero) is 1. The molecule has 0 heterocycles. The lowest BCUT2D eigenvalue weighted by Crippen LogP contribution is -2.28. The summed E-state index contributed by atoms with van der Waals surface area (Å²) in [6.07, 6.45) is 1.08. The highest BCUT2D eigenvalue weighted by atomic mass is 16.3. The topological polar surface area (TPSA) is 80.6 Å². The first kappa shape index (κ1) is 14.6. The van der Waals surface area contributed by atoms with Crippen LogP contribution in [0.15, 0.2) is 35.5 Å². The standard InChI is InChI=1S/C19H13NO4/c1-9-7-10-5-6-12-17(15(10)14(21)8-9)19(23)11-3-2-4-13(20-24)16(11)18(12)22/h2-6,9H,7-8H2,1H3/t9-/m0/s1. The van der Waals surface area contributed by atoms with E-state index in [-0.39, 0.29) is 45.4 Å². The second kappa shape index (κ2) is 5.03. The molecule has 2 aliphatic carbocycles. The molecule has 2 aliphatic rings. The van der Waals surface area contributed by atoms with Crippen LogP contribution >= 0.6 is 0 Å². The molecule has 0 aliphatic heterocycles. The lowest BCUT2D eigenvalue weighted by atomic mass is 9.74. The van der Waals surface area contributed by atoms with E-state index >= 15 is 0 Å². The van der Waals surface area contributed by atoms with Gasteiger partial charge in [0.1, 0.15) is 5.69 Å². The highest BCUT2D eigenvalue weighted by Gasteiger charge is 2.37. The zero-order valence-corrected chi connectivity index (χ0v) is 13.0. The van der Waals surface area contributed by atoms with Crippen LogP contribution in [0.5, 0.6) is 0 Å². The van der Waals surface area contributed by atoms with E-state index in [1.54, 1.807) is 12.1 Å². The Balaban J connectivity index is 2.03. The summed E-state index contributed by atoms with van der Waals surface area (Å²) in [5, 5.41) is 2.86. The molecule has 24 heavy (non-hydrogen) atoms. The van der Waals surface area contributed by atoms with E-state index < -0.39 is 5.78 Å². The van der Waals surface area contributed by atoms with E-state index in [0.717, 1.165) is 5.56 Å². The fraction of sp³-hybridized carbons (Fsp3) is 0.211. The van der Waals surface area contributed by atoms with Crippen LogP contribution in [-0.4, -0.2) is 17.3 Å². The summed E-state index contributed by atoms with van der Waals surface area (Å²) < 4.78 is 0. The van der Waals surface area contributed by atoms with Crippen LogP contribution in [0, 0.1) is 10.8 Å². The molecule has 0 amide bonds. The van der Waals surface area contributed by atoms with Crippen molar-refractivity contribution in [3.63, 3.8) is 0 Å². The molecule has 0 spiro atoms. The van der Waals surface area contributed by atoms with Crippen LogP contribution in [0.1, 0.15) is 61.1 Å². The molecule has 2 aromatic rings. The second-order valence-corrected chi connectivity index (χ2v) is 6.41. The third kappa shape index (κ3) is 1.84.